The van der Waals surface area contributed by atoms with Gasteiger partial charge in [0.15, 0.2) is 0 Å². The van der Waals surface area contributed by atoms with Crippen molar-refractivity contribution in [3.05, 3.63) is 54.1 Å². The molecule has 0 fully saturated rings. The van der Waals surface area contributed by atoms with Gasteiger partial charge in [0.25, 0.3) is 0 Å². The lowest BCUT2D eigenvalue weighted by molar-refractivity contribution is 0.602. The number of sulfonamides is 1. The van der Waals surface area contributed by atoms with E-state index in [2.05, 4.69) is 10.8 Å². The molecule has 0 aliphatic carbocycles. The summed E-state index contributed by atoms with van der Waals surface area (Å²) >= 11 is 0. The molecule has 20 heavy (non-hydrogen) atoms. The first-order valence-corrected chi connectivity index (χ1v) is 7.80. The van der Waals surface area contributed by atoms with Crippen LogP contribution in [0.15, 0.2) is 48.5 Å². The highest BCUT2D eigenvalue weighted by atomic mass is 32.2. The Hall–Kier alpha value is -2.32. The Morgan fingerprint density at radius 3 is 1.95 bits per heavy atom. The molecule has 2 aromatic rings. The Morgan fingerprint density at radius 1 is 1.00 bits per heavy atom. The third-order valence-electron chi connectivity index (χ3n) is 2.89. The summed E-state index contributed by atoms with van der Waals surface area (Å²) in [6.07, 6.45) is 0. The van der Waals surface area contributed by atoms with E-state index in [4.69, 9.17) is 5.26 Å². The summed E-state index contributed by atoms with van der Waals surface area (Å²) in [5.41, 5.74) is 3.10. The highest BCUT2D eigenvalue weighted by Gasteiger charge is 2.06. The SMILES string of the molecule is CCS(=O)(=O)Nc1ccc(-c2ccc(C#N)cc2)cc1. The molecule has 1 N–H and O–H groups in total. The summed E-state index contributed by atoms with van der Waals surface area (Å²) in [5, 5.41) is 8.75. The number of nitrogens with one attached hydrogen (secondary N) is 1. The molecule has 0 aromatic heterocycles. The van der Waals surface area contributed by atoms with E-state index in [1.54, 1.807) is 31.2 Å². The molecule has 0 bridgehead atoms. The van der Waals surface area contributed by atoms with Gasteiger partial charge in [0.1, 0.15) is 0 Å². The number of anilines is 1. The van der Waals surface area contributed by atoms with Gasteiger partial charge in [-0.2, -0.15) is 5.26 Å². The molecule has 0 unspecified atom stereocenters. The number of nitriles is 1. The van der Waals surface area contributed by atoms with Crippen molar-refractivity contribution in [2.24, 2.45) is 0 Å². The second kappa shape index (κ2) is 5.76. The highest BCUT2D eigenvalue weighted by molar-refractivity contribution is 7.92. The molecule has 0 atom stereocenters. The van der Waals surface area contributed by atoms with E-state index >= 15 is 0 Å². The Bertz CT molecular complexity index is 727. The van der Waals surface area contributed by atoms with Crippen molar-refractivity contribution in [1.82, 2.24) is 0 Å². The van der Waals surface area contributed by atoms with Crippen LogP contribution in [0.5, 0.6) is 0 Å². The number of hydrogen-bond donors (Lipinski definition) is 1. The second-order valence-corrected chi connectivity index (χ2v) is 6.28. The van der Waals surface area contributed by atoms with Gasteiger partial charge in [0.05, 0.1) is 17.4 Å². The van der Waals surface area contributed by atoms with Crippen molar-refractivity contribution in [3.8, 4) is 17.2 Å². The van der Waals surface area contributed by atoms with Crippen molar-refractivity contribution in [1.29, 1.82) is 5.26 Å². The average Bonchev–Trinajstić information content (AvgIpc) is 2.48. The molecule has 0 heterocycles. The zero-order valence-electron chi connectivity index (χ0n) is 11.0. The third-order valence-corrected chi connectivity index (χ3v) is 4.19. The molecule has 0 saturated heterocycles. The number of rotatable bonds is 4. The van der Waals surface area contributed by atoms with E-state index in [0.29, 0.717) is 11.3 Å². The van der Waals surface area contributed by atoms with Gasteiger partial charge in [-0.05, 0) is 42.3 Å². The number of benzene rings is 2. The van der Waals surface area contributed by atoms with Crippen LogP contribution in [0.25, 0.3) is 11.1 Å². The van der Waals surface area contributed by atoms with E-state index in [1.165, 1.54) is 0 Å². The van der Waals surface area contributed by atoms with Crippen LogP contribution in [-0.2, 0) is 10.0 Å². The lowest BCUT2D eigenvalue weighted by Gasteiger charge is -2.07. The summed E-state index contributed by atoms with van der Waals surface area (Å²) in [5.74, 6) is 0.0460. The van der Waals surface area contributed by atoms with E-state index in [0.717, 1.165) is 11.1 Å². The fourth-order valence-electron chi connectivity index (χ4n) is 1.72. The van der Waals surface area contributed by atoms with Gasteiger partial charge in [-0.1, -0.05) is 24.3 Å². The van der Waals surface area contributed by atoms with Gasteiger partial charge < -0.3 is 0 Å². The summed E-state index contributed by atoms with van der Waals surface area (Å²) < 4.78 is 25.4. The van der Waals surface area contributed by atoms with E-state index in [-0.39, 0.29) is 5.75 Å². The van der Waals surface area contributed by atoms with Crippen molar-refractivity contribution in [2.75, 3.05) is 10.5 Å². The van der Waals surface area contributed by atoms with Gasteiger partial charge >= 0.3 is 0 Å². The van der Waals surface area contributed by atoms with Gasteiger partial charge in [0.2, 0.25) is 10.0 Å². The third kappa shape index (κ3) is 3.37. The Labute approximate surface area is 118 Å². The first kappa shape index (κ1) is 14.1. The maximum absolute atomic E-state index is 11.5. The molecular formula is C15H14N2O2S. The van der Waals surface area contributed by atoms with Crippen LogP contribution < -0.4 is 4.72 Å². The molecule has 5 heteroatoms. The minimum absolute atomic E-state index is 0.0460. The van der Waals surface area contributed by atoms with E-state index < -0.39 is 10.0 Å². The van der Waals surface area contributed by atoms with Crippen molar-refractivity contribution in [3.63, 3.8) is 0 Å². The Balaban J connectivity index is 2.21. The summed E-state index contributed by atoms with van der Waals surface area (Å²) in [6.45, 7) is 1.59. The molecule has 0 radical (unpaired) electrons. The maximum atomic E-state index is 11.5. The first-order valence-electron chi connectivity index (χ1n) is 6.15. The summed E-state index contributed by atoms with van der Waals surface area (Å²) in [4.78, 5) is 0. The van der Waals surface area contributed by atoms with Crippen LogP contribution in [0.1, 0.15) is 12.5 Å². The molecular weight excluding hydrogens is 272 g/mol. The lowest BCUT2D eigenvalue weighted by Crippen LogP contribution is -2.14. The number of nitrogens with zero attached hydrogens (tertiary/aromatic N) is 1. The van der Waals surface area contributed by atoms with Gasteiger partial charge in [0, 0.05) is 5.69 Å². The monoisotopic (exact) mass is 286 g/mol. The first-order chi connectivity index (χ1) is 9.54. The minimum atomic E-state index is -3.25. The van der Waals surface area contributed by atoms with Crippen molar-refractivity contribution >= 4 is 15.7 Å². The minimum Gasteiger partial charge on any atom is -0.284 e. The van der Waals surface area contributed by atoms with Crippen LogP contribution in [0, 0.1) is 11.3 Å². The molecule has 4 nitrogen and oxygen atoms in total. The fourth-order valence-corrected chi connectivity index (χ4v) is 2.36. The van der Waals surface area contributed by atoms with E-state index in [1.807, 2.05) is 24.3 Å². The molecule has 0 saturated carbocycles. The summed E-state index contributed by atoms with van der Waals surface area (Å²) in [6, 6.07) is 16.4. The molecule has 0 aliphatic rings. The van der Waals surface area contributed by atoms with Gasteiger partial charge in [-0.3, -0.25) is 4.72 Å². The molecule has 2 rings (SSSR count). The second-order valence-electron chi connectivity index (χ2n) is 4.27. The van der Waals surface area contributed by atoms with Crippen LogP contribution in [0.2, 0.25) is 0 Å². The quantitative estimate of drug-likeness (QED) is 0.939. The molecule has 102 valence electrons. The zero-order chi connectivity index (χ0) is 14.6. The largest absolute Gasteiger partial charge is 0.284 e. The molecule has 0 amide bonds. The molecule has 0 aliphatic heterocycles. The topological polar surface area (TPSA) is 70.0 Å². The Morgan fingerprint density at radius 2 is 1.50 bits per heavy atom. The van der Waals surface area contributed by atoms with E-state index in [9.17, 15) is 8.42 Å². The highest BCUT2D eigenvalue weighted by Crippen LogP contribution is 2.22. The fraction of sp³-hybridized carbons (Fsp3) is 0.133. The molecule has 2 aromatic carbocycles. The van der Waals surface area contributed by atoms with Crippen LogP contribution >= 0.6 is 0 Å². The number of hydrogen-bond acceptors (Lipinski definition) is 3. The van der Waals surface area contributed by atoms with Crippen molar-refractivity contribution < 1.29 is 8.42 Å². The van der Waals surface area contributed by atoms with Crippen LogP contribution in [0.3, 0.4) is 0 Å². The smallest absolute Gasteiger partial charge is 0.232 e. The Kier molecular flexibility index (Phi) is 4.06. The van der Waals surface area contributed by atoms with Crippen LogP contribution in [-0.4, -0.2) is 14.2 Å². The molecule has 0 spiro atoms. The normalized spacial score (nSPS) is 10.8. The summed E-state index contributed by atoms with van der Waals surface area (Å²) in [7, 11) is -3.25. The maximum Gasteiger partial charge on any atom is 0.232 e. The zero-order valence-corrected chi connectivity index (χ0v) is 11.8. The standard InChI is InChI=1S/C15H14N2O2S/c1-2-20(18,19)17-15-9-7-14(8-10-15)13-5-3-12(11-16)4-6-13/h3-10,17H,2H2,1H3. The van der Waals surface area contributed by atoms with Gasteiger partial charge in [-0.25, -0.2) is 8.42 Å². The van der Waals surface area contributed by atoms with Crippen molar-refractivity contribution in [2.45, 2.75) is 6.92 Å². The van der Waals surface area contributed by atoms with Crippen LogP contribution in [0.4, 0.5) is 5.69 Å². The predicted molar refractivity (Wildman–Crippen MR) is 79.7 cm³/mol. The average molecular weight is 286 g/mol. The van der Waals surface area contributed by atoms with Gasteiger partial charge in [-0.15, -0.1) is 0 Å². The lowest BCUT2D eigenvalue weighted by atomic mass is 10.0. The predicted octanol–water partition coefficient (Wildman–Crippen LogP) is 2.99.